The second-order valence-corrected chi connectivity index (χ2v) is 7.04. The molecule has 0 unspecified atom stereocenters. The monoisotopic (exact) mass is 404 g/mol. The van der Waals surface area contributed by atoms with Crippen LogP contribution in [0.2, 0.25) is 5.02 Å². The van der Waals surface area contributed by atoms with Gasteiger partial charge in [-0.1, -0.05) is 60.1 Å². The number of anilines is 1. The molecule has 0 aliphatic rings. The highest BCUT2D eigenvalue weighted by molar-refractivity contribution is 6.30. The lowest BCUT2D eigenvalue weighted by atomic mass is 10.1. The Morgan fingerprint density at radius 1 is 0.966 bits per heavy atom. The second-order valence-electron chi connectivity index (χ2n) is 6.60. The number of amides is 2. The summed E-state index contributed by atoms with van der Waals surface area (Å²) in [7, 11) is 1.76. The molecule has 0 fully saturated rings. The van der Waals surface area contributed by atoms with E-state index in [0.29, 0.717) is 22.8 Å². The van der Waals surface area contributed by atoms with Crippen molar-refractivity contribution >= 4 is 35.2 Å². The number of nitrogens with one attached hydrogen (secondary N) is 1. The molecule has 3 aromatic rings. The van der Waals surface area contributed by atoms with Crippen molar-refractivity contribution in [2.75, 3.05) is 12.4 Å². The first kappa shape index (κ1) is 20.4. The van der Waals surface area contributed by atoms with Gasteiger partial charge in [-0.2, -0.15) is 0 Å². The largest absolute Gasteiger partial charge is 0.337 e. The molecule has 2 amide bonds. The van der Waals surface area contributed by atoms with Gasteiger partial charge in [0.2, 0.25) is 5.91 Å². The zero-order chi connectivity index (χ0) is 20.6. The summed E-state index contributed by atoms with van der Waals surface area (Å²) in [4.78, 5) is 26.6. The van der Waals surface area contributed by atoms with Crippen molar-refractivity contribution in [1.82, 2.24) is 4.90 Å². The van der Waals surface area contributed by atoms with Gasteiger partial charge in [-0.15, -0.1) is 0 Å². The van der Waals surface area contributed by atoms with Gasteiger partial charge in [0, 0.05) is 35.9 Å². The summed E-state index contributed by atoms with van der Waals surface area (Å²) in [5, 5.41) is 3.43. The lowest BCUT2D eigenvalue weighted by molar-refractivity contribution is -0.111. The maximum Gasteiger partial charge on any atom is 0.253 e. The normalized spacial score (nSPS) is 10.7. The van der Waals surface area contributed by atoms with E-state index in [1.54, 1.807) is 54.4 Å². The fourth-order valence-electron chi connectivity index (χ4n) is 2.81. The molecule has 29 heavy (non-hydrogen) atoms. The van der Waals surface area contributed by atoms with Crippen molar-refractivity contribution < 1.29 is 9.59 Å². The summed E-state index contributed by atoms with van der Waals surface area (Å²) in [6, 6.07) is 23.9. The van der Waals surface area contributed by atoms with E-state index < -0.39 is 0 Å². The lowest BCUT2D eigenvalue weighted by Crippen LogP contribution is -2.26. The number of carbonyl (C=O) groups is 2. The molecule has 3 aromatic carbocycles. The molecule has 3 rings (SSSR count). The Kier molecular flexibility index (Phi) is 6.82. The molecule has 0 saturated carbocycles. The van der Waals surface area contributed by atoms with Crippen molar-refractivity contribution in [3.8, 4) is 0 Å². The molecule has 146 valence electrons. The van der Waals surface area contributed by atoms with Crippen LogP contribution in [0, 0.1) is 0 Å². The average molecular weight is 405 g/mol. The summed E-state index contributed by atoms with van der Waals surface area (Å²) in [6.45, 7) is 0.514. The highest BCUT2D eigenvalue weighted by Gasteiger charge is 2.12. The molecule has 0 atom stereocenters. The van der Waals surface area contributed by atoms with E-state index in [4.69, 9.17) is 11.6 Å². The van der Waals surface area contributed by atoms with Crippen LogP contribution in [0.5, 0.6) is 0 Å². The summed E-state index contributed by atoms with van der Waals surface area (Å²) in [6.07, 6.45) is 3.15. The van der Waals surface area contributed by atoms with Crippen LogP contribution in [0.3, 0.4) is 0 Å². The molecule has 0 spiro atoms. The maximum absolute atomic E-state index is 12.7. The van der Waals surface area contributed by atoms with Gasteiger partial charge in [-0.25, -0.2) is 0 Å². The van der Waals surface area contributed by atoms with Crippen LogP contribution in [0.15, 0.2) is 84.9 Å². The quantitative estimate of drug-likeness (QED) is 0.569. The molecule has 0 aromatic heterocycles. The Morgan fingerprint density at radius 3 is 2.41 bits per heavy atom. The Labute approximate surface area is 175 Å². The number of hydrogen-bond donors (Lipinski definition) is 1. The van der Waals surface area contributed by atoms with Gasteiger partial charge in [-0.05, 0) is 47.5 Å². The van der Waals surface area contributed by atoms with E-state index >= 15 is 0 Å². The van der Waals surface area contributed by atoms with Crippen LogP contribution in [0.1, 0.15) is 21.5 Å². The second kappa shape index (κ2) is 9.71. The third-order valence-electron chi connectivity index (χ3n) is 4.28. The van der Waals surface area contributed by atoms with Crippen molar-refractivity contribution in [1.29, 1.82) is 0 Å². The summed E-state index contributed by atoms with van der Waals surface area (Å²) in [5.41, 5.74) is 3.01. The summed E-state index contributed by atoms with van der Waals surface area (Å²) in [5.74, 6) is -0.385. The molecular weight excluding hydrogens is 384 g/mol. The Balaban J connectivity index is 1.63. The number of halogens is 1. The summed E-state index contributed by atoms with van der Waals surface area (Å²) >= 11 is 5.86. The highest BCUT2D eigenvalue weighted by Crippen LogP contribution is 2.15. The SMILES string of the molecule is CN(Cc1ccccc1)C(=O)c1cccc(NC(=O)/C=C/c2ccc(Cl)cc2)c1. The minimum atomic E-state index is -0.276. The molecule has 4 nitrogen and oxygen atoms in total. The van der Waals surface area contributed by atoms with Gasteiger partial charge in [0.1, 0.15) is 0 Å². The van der Waals surface area contributed by atoms with Crippen LogP contribution < -0.4 is 5.32 Å². The number of hydrogen-bond acceptors (Lipinski definition) is 2. The predicted octanol–water partition coefficient (Wildman–Crippen LogP) is 5.26. The van der Waals surface area contributed by atoms with Crippen LogP contribution in [-0.4, -0.2) is 23.8 Å². The molecule has 0 aliphatic heterocycles. The van der Waals surface area contributed by atoms with E-state index in [0.717, 1.165) is 11.1 Å². The number of benzene rings is 3. The predicted molar refractivity (Wildman–Crippen MR) is 118 cm³/mol. The van der Waals surface area contributed by atoms with E-state index in [1.807, 2.05) is 42.5 Å². The standard InChI is InChI=1S/C24H21ClN2O2/c1-27(17-19-6-3-2-4-7-19)24(29)20-8-5-9-22(16-20)26-23(28)15-12-18-10-13-21(25)14-11-18/h2-16H,17H2,1H3,(H,26,28)/b15-12+. The molecule has 0 aliphatic carbocycles. The number of carbonyl (C=O) groups excluding carboxylic acids is 2. The lowest BCUT2D eigenvalue weighted by Gasteiger charge is -2.17. The number of rotatable bonds is 6. The van der Waals surface area contributed by atoms with Gasteiger partial charge < -0.3 is 10.2 Å². The van der Waals surface area contributed by atoms with Crippen molar-refractivity contribution in [3.05, 3.63) is 107 Å². The van der Waals surface area contributed by atoms with Gasteiger partial charge in [-0.3, -0.25) is 9.59 Å². The topological polar surface area (TPSA) is 49.4 Å². The molecule has 0 saturated heterocycles. The highest BCUT2D eigenvalue weighted by atomic mass is 35.5. The molecule has 0 heterocycles. The molecular formula is C24H21ClN2O2. The smallest absolute Gasteiger partial charge is 0.253 e. The zero-order valence-corrected chi connectivity index (χ0v) is 16.8. The fourth-order valence-corrected chi connectivity index (χ4v) is 2.94. The minimum Gasteiger partial charge on any atom is -0.337 e. The average Bonchev–Trinajstić information content (AvgIpc) is 2.73. The van der Waals surface area contributed by atoms with E-state index in [2.05, 4.69) is 5.32 Å². The van der Waals surface area contributed by atoms with Crippen LogP contribution in [0.25, 0.3) is 6.08 Å². The molecule has 5 heteroatoms. The third kappa shape index (κ3) is 6.06. The first-order valence-corrected chi connectivity index (χ1v) is 9.53. The Morgan fingerprint density at radius 2 is 1.69 bits per heavy atom. The van der Waals surface area contributed by atoms with Crippen LogP contribution >= 0.6 is 11.6 Å². The van der Waals surface area contributed by atoms with E-state index in [9.17, 15) is 9.59 Å². The number of nitrogens with zero attached hydrogens (tertiary/aromatic N) is 1. The zero-order valence-electron chi connectivity index (χ0n) is 16.0. The summed E-state index contributed by atoms with van der Waals surface area (Å²) < 4.78 is 0. The van der Waals surface area contributed by atoms with E-state index in [1.165, 1.54) is 6.08 Å². The van der Waals surface area contributed by atoms with Gasteiger partial charge in [0.25, 0.3) is 5.91 Å². The maximum atomic E-state index is 12.7. The van der Waals surface area contributed by atoms with E-state index in [-0.39, 0.29) is 11.8 Å². The third-order valence-corrected chi connectivity index (χ3v) is 4.54. The van der Waals surface area contributed by atoms with Crippen molar-refractivity contribution in [2.45, 2.75) is 6.54 Å². The fraction of sp³-hybridized carbons (Fsp3) is 0.0833. The molecule has 0 radical (unpaired) electrons. The Bertz CT molecular complexity index is 1010. The van der Waals surface area contributed by atoms with Gasteiger partial charge >= 0.3 is 0 Å². The molecule has 1 N–H and O–H groups in total. The van der Waals surface area contributed by atoms with Gasteiger partial charge in [0.05, 0.1) is 0 Å². The van der Waals surface area contributed by atoms with Gasteiger partial charge in [0.15, 0.2) is 0 Å². The van der Waals surface area contributed by atoms with Crippen LogP contribution in [-0.2, 0) is 11.3 Å². The first-order chi connectivity index (χ1) is 14.0. The Hall–Kier alpha value is -3.37. The van der Waals surface area contributed by atoms with Crippen LogP contribution in [0.4, 0.5) is 5.69 Å². The van der Waals surface area contributed by atoms with Crippen molar-refractivity contribution in [2.24, 2.45) is 0 Å². The van der Waals surface area contributed by atoms with Crippen molar-refractivity contribution in [3.63, 3.8) is 0 Å². The molecule has 0 bridgehead atoms. The minimum absolute atomic E-state index is 0.110. The first-order valence-electron chi connectivity index (χ1n) is 9.15.